The number of rotatable bonds is 6. The van der Waals surface area contributed by atoms with Crippen LogP contribution in [0.25, 0.3) is 99.5 Å². The molecule has 0 N–H and O–H groups in total. The summed E-state index contributed by atoms with van der Waals surface area (Å²) in [4.78, 5) is 0. The van der Waals surface area contributed by atoms with E-state index >= 15 is 0 Å². The number of hydrogen-bond donors (Lipinski definition) is 0. The lowest BCUT2D eigenvalue weighted by Crippen LogP contribution is -1.94. The van der Waals surface area contributed by atoms with Crippen LogP contribution in [0.4, 0.5) is 0 Å². The largest absolute Gasteiger partial charge is 0.309 e. The van der Waals surface area contributed by atoms with E-state index in [1.165, 1.54) is 88.1 Å². The molecule has 0 radical (unpaired) electrons. The molecule has 0 unspecified atom stereocenters. The van der Waals surface area contributed by atoms with Gasteiger partial charge in [0.25, 0.3) is 0 Å². The van der Waals surface area contributed by atoms with E-state index in [1.54, 1.807) is 0 Å². The summed E-state index contributed by atoms with van der Waals surface area (Å²) in [7, 11) is 0. The molecular formula is C54H35BrN2. The Morgan fingerprint density at radius 2 is 0.702 bits per heavy atom. The van der Waals surface area contributed by atoms with Gasteiger partial charge in [0.15, 0.2) is 0 Å². The molecule has 0 saturated carbocycles. The summed E-state index contributed by atoms with van der Waals surface area (Å²) in [6, 6.07) is 77.3. The molecule has 2 aromatic heterocycles. The van der Waals surface area contributed by atoms with Crippen molar-refractivity contribution < 1.29 is 0 Å². The Balaban J connectivity index is 1.09. The zero-order valence-corrected chi connectivity index (χ0v) is 32.6. The number of benzene rings is 9. The maximum Gasteiger partial charge on any atom is 0.0547 e. The number of hydrogen-bond acceptors (Lipinski definition) is 0. The summed E-state index contributed by atoms with van der Waals surface area (Å²) < 4.78 is 5.85. The van der Waals surface area contributed by atoms with Crippen molar-refractivity contribution in [1.29, 1.82) is 0 Å². The van der Waals surface area contributed by atoms with Gasteiger partial charge in [-0.25, -0.2) is 0 Å². The number of halogens is 1. The van der Waals surface area contributed by atoms with E-state index in [0.29, 0.717) is 0 Å². The second kappa shape index (κ2) is 13.7. The molecule has 3 heteroatoms. The van der Waals surface area contributed by atoms with Gasteiger partial charge in [-0.1, -0.05) is 143 Å². The third kappa shape index (κ3) is 5.78. The summed E-state index contributed by atoms with van der Waals surface area (Å²) in [5.41, 5.74) is 16.6. The lowest BCUT2D eigenvalue weighted by Gasteiger charge is -2.13. The normalized spacial score (nSPS) is 11.6. The Kier molecular flexibility index (Phi) is 8.01. The Morgan fingerprint density at radius 3 is 1.39 bits per heavy atom. The third-order valence-corrected chi connectivity index (χ3v) is 11.8. The van der Waals surface area contributed by atoms with Crippen LogP contribution >= 0.6 is 15.9 Å². The smallest absolute Gasteiger partial charge is 0.0547 e. The molecule has 0 amide bonds. The van der Waals surface area contributed by atoms with Gasteiger partial charge in [0.1, 0.15) is 0 Å². The zero-order chi connectivity index (χ0) is 37.9. The Morgan fingerprint density at radius 1 is 0.246 bits per heavy atom. The van der Waals surface area contributed by atoms with Crippen molar-refractivity contribution in [3.8, 4) is 55.9 Å². The van der Waals surface area contributed by atoms with Crippen molar-refractivity contribution >= 4 is 59.5 Å². The van der Waals surface area contributed by atoms with Crippen LogP contribution in [-0.4, -0.2) is 9.13 Å². The van der Waals surface area contributed by atoms with Gasteiger partial charge >= 0.3 is 0 Å². The van der Waals surface area contributed by atoms with Crippen LogP contribution in [0.1, 0.15) is 0 Å². The van der Waals surface area contributed by atoms with E-state index < -0.39 is 0 Å². The standard InChI is InChI=1S/C54H35BrN2/c55-44-15-11-14-38(33-44)41-30-42(32-43(31-41)40-24-28-49-47-18-7-9-20-51(47)57(54(49)35-40)45-16-5-2-6-17-45)39-25-29-53-50(34-39)48-19-8-10-21-52(48)56(53)46-26-22-37(23-27-46)36-12-3-1-4-13-36/h1-35H. The van der Waals surface area contributed by atoms with Crippen molar-refractivity contribution in [2.45, 2.75) is 0 Å². The number of aromatic nitrogens is 2. The minimum atomic E-state index is 1.06. The van der Waals surface area contributed by atoms with E-state index in [0.717, 1.165) is 15.8 Å². The number of para-hydroxylation sites is 3. The summed E-state index contributed by atoms with van der Waals surface area (Å²) in [5.74, 6) is 0. The topological polar surface area (TPSA) is 9.86 Å². The molecule has 0 aliphatic rings. The highest BCUT2D eigenvalue weighted by molar-refractivity contribution is 9.10. The Hall–Kier alpha value is -6.94. The predicted octanol–water partition coefficient (Wildman–Crippen LogP) is 15.3. The molecule has 0 fully saturated rings. The average molecular weight is 792 g/mol. The molecule has 11 rings (SSSR count). The summed E-state index contributed by atoms with van der Waals surface area (Å²) in [6.07, 6.45) is 0. The van der Waals surface area contributed by atoms with Gasteiger partial charge in [-0.05, 0) is 129 Å². The number of fused-ring (bicyclic) bond motifs is 6. The second-order valence-corrected chi connectivity index (χ2v) is 15.6. The molecule has 0 atom stereocenters. The predicted molar refractivity (Wildman–Crippen MR) is 245 cm³/mol. The molecule has 0 aliphatic heterocycles. The van der Waals surface area contributed by atoms with Gasteiger partial charge in [0, 0.05) is 37.4 Å². The van der Waals surface area contributed by atoms with Gasteiger partial charge in [0.2, 0.25) is 0 Å². The van der Waals surface area contributed by atoms with Crippen molar-refractivity contribution in [3.05, 3.63) is 217 Å². The molecule has 0 bridgehead atoms. The highest BCUT2D eigenvalue weighted by Crippen LogP contribution is 2.40. The highest BCUT2D eigenvalue weighted by Gasteiger charge is 2.17. The fourth-order valence-electron chi connectivity index (χ4n) is 8.67. The van der Waals surface area contributed by atoms with Crippen LogP contribution in [0.5, 0.6) is 0 Å². The summed E-state index contributed by atoms with van der Waals surface area (Å²) in [5, 5.41) is 4.98. The monoisotopic (exact) mass is 790 g/mol. The molecule has 0 spiro atoms. The van der Waals surface area contributed by atoms with Crippen molar-refractivity contribution in [3.63, 3.8) is 0 Å². The lowest BCUT2D eigenvalue weighted by atomic mass is 9.92. The molecular weight excluding hydrogens is 757 g/mol. The quantitative estimate of drug-likeness (QED) is 0.159. The van der Waals surface area contributed by atoms with E-state index in [1.807, 2.05) is 0 Å². The van der Waals surface area contributed by atoms with E-state index in [4.69, 9.17) is 0 Å². The zero-order valence-electron chi connectivity index (χ0n) is 31.0. The van der Waals surface area contributed by atoms with Gasteiger partial charge in [-0.15, -0.1) is 0 Å². The molecule has 268 valence electrons. The summed E-state index contributed by atoms with van der Waals surface area (Å²) >= 11 is 3.74. The Labute approximate surface area is 339 Å². The molecule has 0 aliphatic carbocycles. The van der Waals surface area contributed by atoms with Crippen LogP contribution < -0.4 is 0 Å². The molecule has 9 aromatic carbocycles. The van der Waals surface area contributed by atoms with Gasteiger partial charge in [-0.2, -0.15) is 0 Å². The SMILES string of the molecule is Brc1cccc(-c2cc(-c3ccc4c(c3)c3ccccc3n4-c3ccc(-c4ccccc4)cc3)cc(-c3ccc4c5ccccc5n(-c5ccccc5)c4c3)c2)c1. The van der Waals surface area contributed by atoms with Crippen molar-refractivity contribution in [2.75, 3.05) is 0 Å². The number of nitrogens with zero attached hydrogens (tertiary/aromatic N) is 2. The molecule has 0 saturated heterocycles. The second-order valence-electron chi connectivity index (χ2n) is 14.7. The van der Waals surface area contributed by atoms with Crippen LogP contribution in [0, 0.1) is 0 Å². The maximum atomic E-state index is 3.74. The van der Waals surface area contributed by atoms with Crippen LogP contribution in [0.15, 0.2) is 217 Å². The summed E-state index contributed by atoms with van der Waals surface area (Å²) in [6.45, 7) is 0. The van der Waals surface area contributed by atoms with Crippen molar-refractivity contribution in [2.24, 2.45) is 0 Å². The van der Waals surface area contributed by atoms with E-state index in [2.05, 4.69) is 237 Å². The first-order valence-corrected chi connectivity index (χ1v) is 20.2. The average Bonchev–Trinajstić information content (AvgIpc) is 3.79. The first-order valence-electron chi connectivity index (χ1n) is 19.4. The fraction of sp³-hybridized carbons (Fsp3) is 0. The Bertz CT molecular complexity index is 3280. The lowest BCUT2D eigenvalue weighted by molar-refractivity contribution is 1.18. The van der Waals surface area contributed by atoms with Crippen molar-refractivity contribution in [1.82, 2.24) is 9.13 Å². The minimum Gasteiger partial charge on any atom is -0.309 e. The minimum absolute atomic E-state index is 1.06. The highest BCUT2D eigenvalue weighted by atomic mass is 79.9. The van der Waals surface area contributed by atoms with Gasteiger partial charge in [-0.3, -0.25) is 0 Å². The van der Waals surface area contributed by atoms with Crippen LogP contribution in [0.3, 0.4) is 0 Å². The van der Waals surface area contributed by atoms with Gasteiger partial charge < -0.3 is 9.13 Å². The molecule has 11 aromatic rings. The maximum absolute atomic E-state index is 3.74. The molecule has 2 nitrogen and oxygen atoms in total. The van der Waals surface area contributed by atoms with E-state index in [-0.39, 0.29) is 0 Å². The van der Waals surface area contributed by atoms with Crippen LogP contribution in [-0.2, 0) is 0 Å². The molecule has 2 heterocycles. The van der Waals surface area contributed by atoms with Gasteiger partial charge in [0.05, 0.1) is 22.1 Å². The molecule has 57 heavy (non-hydrogen) atoms. The first-order chi connectivity index (χ1) is 28.2. The van der Waals surface area contributed by atoms with E-state index in [9.17, 15) is 0 Å². The first kappa shape index (κ1) is 33.4. The van der Waals surface area contributed by atoms with Crippen LogP contribution in [0.2, 0.25) is 0 Å². The third-order valence-electron chi connectivity index (χ3n) is 11.4. The fourth-order valence-corrected chi connectivity index (χ4v) is 9.06.